The summed E-state index contributed by atoms with van der Waals surface area (Å²) >= 11 is 0. The van der Waals surface area contributed by atoms with Gasteiger partial charge in [-0.15, -0.1) is 0 Å². The molecule has 0 unspecified atom stereocenters. The van der Waals surface area contributed by atoms with E-state index in [-0.39, 0.29) is 43.5 Å². The van der Waals surface area contributed by atoms with Crippen LogP contribution in [0.25, 0.3) is 0 Å². The molecule has 0 aliphatic rings. The molecule has 0 bridgehead atoms. The number of hydrogen-bond donors (Lipinski definition) is 0. The van der Waals surface area contributed by atoms with E-state index in [0.29, 0.717) is 6.42 Å². The van der Waals surface area contributed by atoms with Crippen LogP contribution in [0.15, 0.2) is 0 Å². The maximum Gasteiger partial charge on any atom is 2.00 e. The minimum absolute atomic E-state index is 0. The van der Waals surface area contributed by atoms with Crippen LogP contribution in [0.1, 0.15) is 19.3 Å². The summed E-state index contributed by atoms with van der Waals surface area (Å²) in [5.41, 5.74) is 0. The number of hydrogen-bond acceptors (Lipinski definition) is 1. The molecule has 0 saturated heterocycles. The van der Waals surface area contributed by atoms with Crippen molar-refractivity contribution in [1.29, 1.82) is 5.26 Å². The number of rotatable bonds is 2. The summed E-state index contributed by atoms with van der Waals surface area (Å²) in [6.45, 7) is 3.57. The molecule has 0 rings (SSSR count). The predicted octanol–water partition coefficient (Wildman–Crippen LogP) is -1.48. The number of nitriles is 1. The van der Waals surface area contributed by atoms with Crippen LogP contribution in [0.2, 0.25) is 0 Å². The molecule has 0 aliphatic carbocycles. The van der Waals surface area contributed by atoms with E-state index < -0.39 is 0 Å². The summed E-state index contributed by atoms with van der Waals surface area (Å²) in [6, 6.07) is 2.03. The molecule has 0 aromatic rings. The van der Waals surface area contributed by atoms with Gasteiger partial charge in [-0.25, -0.2) is 0 Å². The number of nitrogens with zero attached hydrogens (tertiary/aromatic N) is 1. The molecule has 0 atom stereocenters. The van der Waals surface area contributed by atoms with Crippen LogP contribution < -0.4 is 24.0 Å². The first-order valence-electron chi connectivity index (χ1n) is 2.08. The average molecular weight is 274 g/mol. The SMILES string of the molecule is [CH2-]CCCC#N.[I-].[Zn+2]. The van der Waals surface area contributed by atoms with Gasteiger partial charge in [0.15, 0.2) is 0 Å². The first-order valence-corrected chi connectivity index (χ1v) is 2.08. The summed E-state index contributed by atoms with van der Waals surface area (Å²) in [4.78, 5) is 0. The smallest absolute Gasteiger partial charge is 1.00 e. The van der Waals surface area contributed by atoms with E-state index in [4.69, 9.17) is 5.26 Å². The summed E-state index contributed by atoms with van der Waals surface area (Å²) < 4.78 is 0. The molecule has 0 aromatic carbocycles. The Kier molecular flexibility index (Phi) is 31.2. The van der Waals surface area contributed by atoms with E-state index >= 15 is 0 Å². The molecular formula is C5H8INZn. The van der Waals surface area contributed by atoms with Crippen LogP contribution in [0.4, 0.5) is 0 Å². The molecule has 0 heterocycles. The fraction of sp³-hybridized carbons (Fsp3) is 0.600. The summed E-state index contributed by atoms with van der Waals surface area (Å²) in [5.74, 6) is 0. The van der Waals surface area contributed by atoms with Gasteiger partial charge >= 0.3 is 19.5 Å². The molecule has 0 saturated carbocycles. The maximum absolute atomic E-state index is 7.92. The van der Waals surface area contributed by atoms with Gasteiger partial charge in [0.1, 0.15) is 0 Å². The zero-order chi connectivity index (χ0) is 4.83. The van der Waals surface area contributed by atoms with Gasteiger partial charge in [0.05, 0.1) is 6.07 Å². The van der Waals surface area contributed by atoms with E-state index in [1.54, 1.807) is 0 Å². The molecule has 0 amide bonds. The van der Waals surface area contributed by atoms with Crippen LogP contribution in [0.3, 0.4) is 0 Å². The normalized spacial score (nSPS) is 5.50. The van der Waals surface area contributed by atoms with Crippen molar-refractivity contribution in [3.05, 3.63) is 6.92 Å². The molecule has 0 radical (unpaired) electrons. The molecule has 0 aliphatic heterocycles. The molecular weight excluding hydrogens is 266 g/mol. The van der Waals surface area contributed by atoms with Gasteiger partial charge in [0.2, 0.25) is 0 Å². The van der Waals surface area contributed by atoms with Gasteiger partial charge in [-0.1, -0.05) is 6.42 Å². The number of unbranched alkanes of at least 4 members (excludes halogenated alkanes) is 2. The van der Waals surface area contributed by atoms with Crippen LogP contribution in [-0.4, -0.2) is 0 Å². The second-order valence-corrected chi connectivity index (χ2v) is 1.12. The molecule has 3 heteroatoms. The van der Waals surface area contributed by atoms with Crippen molar-refractivity contribution in [3.8, 4) is 6.07 Å². The second kappa shape index (κ2) is 15.7. The van der Waals surface area contributed by atoms with E-state index in [1.165, 1.54) is 0 Å². The Balaban J connectivity index is -0.000000125. The standard InChI is InChI=1S/C5H8N.HI.Zn/c1-2-3-4-5-6;;/h1-4H2;1H;/q-1;;+2/p-1. The van der Waals surface area contributed by atoms with Gasteiger partial charge in [-0.2, -0.15) is 11.7 Å². The van der Waals surface area contributed by atoms with Crippen molar-refractivity contribution in [2.24, 2.45) is 0 Å². The largest absolute Gasteiger partial charge is 2.00 e. The van der Waals surface area contributed by atoms with Crippen molar-refractivity contribution >= 4 is 0 Å². The Bertz CT molecular complexity index is 59.9. The van der Waals surface area contributed by atoms with Gasteiger partial charge in [0, 0.05) is 6.42 Å². The van der Waals surface area contributed by atoms with Crippen molar-refractivity contribution in [1.82, 2.24) is 0 Å². The molecule has 1 nitrogen and oxygen atoms in total. The minimum Gasteiger partial charge on any atom is -1.00 e. The Morgan fingerprint density at radius 3 is 2.12 bits per heavy atom. The maximum atomic E-state index is 7.92. The molecule has 0 aromatic heterocycles. The van der Waals surface area contributed by atoms with Gasteiger partial charge < -0.3 is 30.9 Å². The Hall–Kier alpha value is 0.843. The van der Waals surface area contributed by atoms with Crippen molar-refractivity contribution in [2.45, 2.75) is 19.3 Å². The Morgan fingerprint density at radius 1 is 1.50 bits per heavy atom. The van der Waals surface area contributed by atoms with Gasteiger partial charge in [-0.3, -0.25) is 0 Å². The molecule has 0 fully saturated rings. The first kappa shape index (κ1) is 15.9. The minimum atomic E-state index is 0. The zero-order valence-corrected chi connectivity index (χ0v) is 9.99. The third-order valence-corrected chi connectivity index (χ3v) is 0.539. The summed E-state index contributed by atoms with van der Waals surface area (Å²) in [5, 5.41) is 7.92. The summed E-state index contributed by atoms with van der Waals surface area (Å²) in [7, 11) is 0. The van der Waals surface area contributed by atoms with Gasteiger partial charge in [-0.05, 0) is 0 Å². The quantitative estimate of drug-likeness (QED) is 0.261. The second-order valence-electron chi connectivity index (χ2n) is 1.12. The average Bonchev–Trinajstić information content (AvgIpc) is 1.61. The molecule has 8 heavy (non-hydrogen) atoms. The van der Waals surface area contributed by atoms with E-state index in [2.05, 4.69) is 6.92 Å². The fourth-order valence-corrected chi connectivity index (χ4v) is 0.204. The molecule has 0 N–H and O–H groups in total. The van der Waals surface area contributed by atoms with Crippen LogP contribution in [0.5, 0.6) is 0 Å². The first-order chi connectivity index (χ1) is 2.91. The predicted molar refractivity (Wildman–Crippen MR) is 24.8 cm³/mol. The van der Waals surface area contributed by atoms with Crippen molar-refractivity contribution in [2.75, 3.05) is 0 Å². The molecule has 42 valence electrons. The summed E-state index contributed by atoms with van der Waals surface area (Å²) in [6.07, 6.45) is 2.48. The van der Waals surface area contributed by atoms with Crippen LogP contribution in [-0.2, 0) is 19.5 Å². The van der Waals surface area contributed by atoms with E-state index in [9.17, 15) is 0 Å². The van der Waals surface area contributed by atoms with Gasteiger partial charge in [0.25, 0.3) is 0 Å². The number of halogens is 1. The Morgan fingerprint density at radius 2 is 2.00 bits per heavy atom. The monoisotopic (exact) mass is 273 g/mol. The third kappa shape index (κ3) is 15.8. The third-order valence-electron chi connectivity index (χ3n) is 0.539. The zero-order valence-electron chi connectivity index (χ0n) is 4.86. The fourth-order valence-electron chi connectivity index (χ4n) is 0.204. The van der Waals surface area contributed by atoms with E-state index in [0.717, 1.165) is 12.8 Å². The molecule has 0 spiro atoms. The topological polar surface area (TPSA) is 23.8 Å². The van der Waals surface area contributed by atoms with Crippen molar-refractivity contribution < 1.29 is 43.5 Å². The van der Waals surface area contributed by atoms with Crippen LogP contribution >= 0.6 is 0 Å². The van der Waals surface area contributed by atoms with E-state index in [1.807, 2.05) is 6.07 Å². The van der Waals surface area contributed by atoms with Crippen molar-refractivity contribution in [3.63, 3.8) is 0 Å². The van der Waals surface area contributed by atoms with Crippen LogP contribution in [0, 0.1) is 18.3 Å². The Labute approximate surface area is 80.6 Å².